The molecule has 0 aliphatic carbocycles. The molecular formula is C16H23N3. The standard InChI is InChI=1S/C16H23N3/c1-3-16(4-2)19-11-10-15(18-19)13-17-12-14-8-6-5-7-9-14/h5-11,16-17H,3-4,12-13H2,1-2H3. The minimum absolute atomic E-state index is 0.530. The highest BCUT2D eigenvalue weighted by Gasteiger charge is 2.07. The smallest absolute Gasteiger partial charge is 0.0762 e. The van der Waals surface area contributed by atoms with E-state index < -0.39 is 0 Å². The maximum absolute atomic E-state index is 4.64. The van der Waals surface area contributed by atoms with Crippen molar-refractivity contribution in [2.24, 2.45) is 0 Å². The molecule has 1 N–H and O–H groups in total. The molecule has 19 heavy (non-hydrogen) atoms. The number of aromatic nitrogens is 2. The molecule has 0 aliphatic rings. The van der Waals surface area contributed by atoms with Crippen LogP contribution in [-0.2, 0) is 13.1 Å². The van der Waals surface area contributed by atoms with Gasteiger partial charge in [0.1, 0.15) is 0 Å². The van der Waals surface area contributed by atoms with Crippen molar-refractivity contribution in [2.75, 3.05) is 0 Å². The van der Waals surface area contributed by atoms with E-state index in [1.807, 2.05) is 6.07 Å². The fourth-order valence-corrected chi connectivity index (χ4v) is 2.27. The van der Waals surface area contributed by atoms with Gasteiger partial charge in [-0.2, -0.15) is 5.10 Å². The SMILES string of the molecule is CCC(CC)n1ccc(CNCc2ccccc2)n1. The van der Waals surface area contributed by atoms with Crippen LogP contribution in [0.2, 0.25) is 0 Å². The summed E-state index contributed by atoms with van der Waals surface area (Å²) in [5.74, 6) is 0. The van der Waals surface area contributed by atoms with Crippen molar-refractivity contribution in [3.8, 4) is 0 Å². The van der Waals surface area contributed by atoms with Crippen molar-refractivity contribution < 1.29 is 0 Å². The lowest BCUT2D eigenvalue weighted by Gasteiger charge is -2.12. The minimum atomic E-state index is 0.530. The highest BCUT2D eigenvalue weighted by atomic mass is 15.3. The Balaban J connectivity index is 1.83. The van der Waals surface area contributed by atoms with E-state index in [2.05, 4.69) is 65.5 Å². The topological polar surface area (TPSA) is 29.9 Å². The molecule has 0 unspecified atom stereocenters. The first kappa shape index (κ1) is 13.8. The van der Waals surface area contributed by atoms with Crippen molar-refractivity contribution in [1.82, 2.24) is 15.1 Å². The fraction of sp³-hybridized carbons (Fsp3) is 0.438. The van der Waals surface area contributed by atoms with E-state index >= 15 is 0 Å². The van der Waals surface area contributed by atoms with E-state index in [9.17, 15) is 0 Å². The van der Waals surface area contributed by atoms with Crippen LogP contribution < -0.4 is 5.32 Å². The average Bonchev–Trinajstić information content (AvgIpc) is 2.90. The van der Waals surface area contributed by atoms with Gasteiger partial charge in [0.25, 0.3) is 0 Å². The molecule has 0 radical (unpaired) electrons. The van der Waals surface area contributed by atoms with Crippen molar-refractivity contribution in [1.29, 1.82) is 0 Å². The van der Waals surface area contributed by atoms with Gasteiger partial charge in [-0.1, -0.05) is 44.2 Å². The first-order valence-corrected chi connectivity index (χ1v) is 7.12. The van der Waals surface area contributed by atoms with E-state index in [4.69, 9.17) is 0 Å². The molecular weight excluding hydrogens is 234 g/mol. The van der Waals surface area contributed by atoms with E-state index in [1.165, 1.54) is 5.56 Å². The third-order valence-electron chi connectivity index (χ3n) is 3.46. The Morgan fingerprint density at radius 1 is 1.05 bits per heavy atom. The maximum Gasteiger partial charge on any atom is 0.0762 e. The minimum Gasteiger partial charge on any atom is -0.307 e. The Bertz CT molecular complexity index is 472. The zero-order chi connectivity index (χ0) is 13.5. The molecule has 0 spiro atoms. The first-order chi connectivity index (χ1) is 9.33. The third kappa shape index (κ3) is 3.93. The van der Waals surface area contributed by atoms with Crippen molar-refractivity contribution in [3.05, 3.63) is 53.9 Å². The van der Waals surface area contributed by atoms with Gasteiger partial charge in [0.15, 0.2) is 0 Å². The van der Waals surface area contributed by atoms with Crippen LogP contribution in [0.25, 0.3) is 0 Å². The van der Waals surface area contributed by atoms with Crippen LogP contribution in [-0.4, -0.2) is 9.78 Å². The van der Waals surface area contributed by atoms with Crippen LogP contribution in [0.3, 0.4) is 0 Å². The number of rotatable bonds is 7. The zero-order valence-electron chi connectivity index (χ0n) is 11.8. The summed E-state index contributed by atoms with van der Waals surface area (Å²) in [7, 11) is 0. The highest BCUT2D eigenvalue weighted by molar-refractivity contribution is 5.14. The van der Waals surface area contributed by atoms with Gasteiger partial charge in [-0.3, -0.25) is 4.68 Å². The van der Waals surface area contributed by atoms with Crippen LogP contribution >= 0.6 is 0 Å². The van der Waals surface area contributed by atoms with E-state index in [0.717, 1.165) is 31.6 Å². The van der Waals surface area contributed by atoms with Crippen molar-refractivity contribution in [2.45, 2.75) is 45.8 Å². The summed E-state index contributed by atoms with van der Waals surface area (Å²) in [5.41, 5.74) is 2.42. The van der Waals surface area contributed by atoms with E-state index in [-0.39, 0.29) is 0 Å². The normalized spacial score (nSPS) is 11.1. The molecule has 0 amide bonds. The fourth-order valence-electron chi connectivity index (χ4n) is 2.27. The summed E-state index contributed by atoms with van der Waals surface area (Å²) in [6.45, 7) is 6.13. The first-order valence-electron chi connectivity index (χ1n) is 7.12. The molecule has 102 valence electrons. The van der Waals surface area contributed by atoms with Gasteiger partial charge < -0.3 is 5.32 Å². The van der Waals surface area contributed by atoms with Crippen LogP contribution in [0.4, 0.5) is 0 Å². The van der Waals surface area contributed by atoms with Gasteiger partial charge in [-0.15, -0.1) is 0 Å². The molecule has 0 bridgehead atoms. The molecule has 2 rings (SSSR count). The summed E-state index contributed by atoms with van der Waals surface area (Å²) in [6.07, 6.45) is 4.36. The Kier molecular flexibility index (Phi) is 5.16. The molecule has 0 saturated carbocycles. The Labute approximate surface area is 115 Å². The molecule has 1 aromatic carbocycles. The summed E-state index contributed by atoms with van der Waals surface area (Å²) >= 11 is 0. The van der Waals surface area contributed by atoms with Crippen molar-refractivity contribution in [3.63, 3.8) is 0 Å². The van der Waals surface area contributed by atoms with Crippen LogP contribution in [0.5, 0.6) is 0 Å². The van der Waals surface area contributed by atoms with Crippen LogP contribution in [0.15, 0.2) is 42.6 Å². The number of benzene rings is 1. The maximum atomic E-state index is 4.64. The summed E-state index contributed by atoms with van der Waals surface area (Å²) in [4.78, 5) is 0. The van der Waals surface area contributed by atoms with Gasteiger partial charge >= 0.3 is 0 Å². The zero-order valence-corrected chi connectivity index (χ0v) is 11.8. The van der Waals surface area contributed by atoms with E-state index in [0.29, 0.717) is 6.04 Å². The molecule has 1 heterocycles. The molecule has 0 aliphatic heterocycles. The molecule has 1 aromatic heterocycles. The summed E-state index contributed by atoms with van der Waals surface area (Å²) < 4.78 is 2.10. The second-order valence-electron chi connectivity index (χ2n) is 4.85. The Morgan fingerprint density at radius 2 is 1.79 bits per heavy atom. The number of nitrogens with zero attached hydrogens (tertiary/aromatic N) is 2. The number of hydrogen-bond acceptors (Lipinski definition) is 2. The lowest BCUT2D eigenvalue weighted by Crippen LogP contribution is -2.14. The largest absolute Gasteiger partial charge is 0.307 e. The lowest BCUT2D eigenvalue weighted by atomic mass is 10.2. The second kappa shape index (κ2) is 7.10. The van der Waals surface area contributed by atoms with Gasteiger partial charge in [-0.05, 0) is 24.5 Å². The van der Waals surface area contributed by atoms with Crippen LogP contribution in [0, 0.1) is 0 Å². The average molecular weight is 257 g/mol. The monoisotopic (exact) mass is 257 g/mol. The quantitative estimate of drug-likeness (QED) is 0.822. The highest BCUT2D eigenvalue weighted by Crippen LogP contribution is 2.14. The Morgan fingerprint density at radius 3 is 2.47 bits per heavy atom. The van der Waals surface area contributed by atoms with E-state index in [1.54, 1.807) is 0 Å². The van der Waals surface area contributed by atoms with Gasteiger partial charge in [0, 0.05) is 19.3 Å². The molecule has 3 nitrogen and oxygen atoms in total. The number of hydrogen-bond donors (Lipinski definition) is 1. The summed E-state index contributed by atoms with van der Waals surface area (Å²) in [5, 5.41) is 8.07. The van der Waals surface area contributed by atoms with Crippen molar-refractivity contribution >= 4 is 0 Å². The third-order valence-corrected chi connectivity index (χ3v) is 3.46. The molecule has 2 aromatic rings. The molecule has 0 atom stereocenters. The molecule has 3 heteroatoms. The predicted octanol–water partition coefficient (Wildman–Crippen LogP) is 3.53. The lowest BCUT2D eigenvalue weighted by molar-refractivity contribution is 0.424. The van der Waals surface area contributed by atoms with Crippen LogP contribution in [0.1, 0.15) is 44.0 Å². The molecule has 0 saturated heterocycles. The molecule has 0 fully saturated rings. The summed E-state index contributed by atoms with van der Waals surface area (Å²) in [6, 6.07) is 13.1. The van der Waals surface area contributed by atoms with Gasteiger partial charge in [-0.25, -0.2) is 0 Å². The van der Waals surface area contributed by atoms with Gasteiger partial charge in [0.2, 0.25) is 0 Å². The van der Waals surface area contributed by atoms with Gasteiger partial charge in [0.05, 0.1) is 11.7 Å². The predicted molar refractivity (Wildman–Crippen MR) is 78.8 cm³/mol. The second-order valence-corrected chi connectivity index (χ2v) is 4.85. The number of nitrogens with one attached hydrogen (secondary N) is 1. The Hall–Kier alpha value is -1.61.